The number of nitriles is 1. The van der Waals surface area contributed by atoms with Crippen LogP contribution in [0.5, 0.6) is 0 Å². The zero-order chi connectivity index (χ0) is 23.5. The number of alkyl halides is 1. The Hall–Kier alpha value is -2.69. The minimum atomic E-state index is -1.23. The summed E-state index contributed by atoms with van der Waals surface area (Å²) in [6.45, 7) is 4.91. The lowest BCUT2D eigenvalue weighted by Gasteiger charge is -2.38. The molecule has 2 atom stereocenters. The van der Waals surface area contributed by atoms with Crippen LogP contribution < -0.4 is 0 Å². The number of nitrogens with zero attached hydrogens (tertiary/aromatic N) is 3. The highest BCUT2D eigenvalue weighted by molar-refractivity contribution is 5.83. The Morgan fingerprint density at radius 1 is 1.19 bits per heavy atom. The van der Waals surface area contributed by atoms with Gasteiger partial charge in [0.25, 0.3) is 0 Å². The molecule has 1 aromatic rings. The maximum absolute atomic E-state index is 13.8. The average molecular weight is 448 g/mol. The molecule has 1 aromatic carbocycles. The van der Waals surface area contributed by atoms with E-state index in [2.05, 4.69) is 0 Å². The maximum Gasteiger partial charge on any atom is 0.411 e. The highest BCUT2D eigenvalue weighted by atomic mass is 19.1. The third-order valence-corrected chi connectivity index (χ3v) is 6.13. The van der Waals surface area contributed by atoms with Crippen LogP contribution in [-0.4, -0.2) is 58.7 Å². The summed E-state index contributed by atoms with van der Waals surface area (Å²) < 4.78 is 32.6. The molecule has 32 heavy (non-hydrogen) atoms. The minimum absolute atomic E-state index is 0.00252. The van der Waals surface area contributed by atoms with Crippen molar-refractivity contribution in [3.8, 4) is 6.07 Å². The molecular weight excluding hydrogens is 416 g/mol. The fourth-order valence-electron chi connectivity index (χ4n) is 4.54. The molecule has 0 bridgehead atoms. The van der Waals surface area contributed by atoms with E-state index in [0.717, 1.165) is 18.4 Å². The van der Waals surface area contributed by atoms with Crippen molar-refractivity contribution in [1.82, 2.24) is 9.80 Å². The van der Waals surface area contributed by atoms with Crippen LogP contribution in [0.15, 0.2) is 24.3 Å². The van der Waals surface area contributed by atoms with Crippen molar-refractivity contribution in [2.24, 2.45) is 0 Å². The van der Waals surface area contributed by atoms with Gasteiger partial charge < -0.3 is 9.64 Å². The normalized spacial score (nSPS) is 25.8. The SMILES string of the molecule is CC(C)(C)OC(=O)N(CC(=O)N1CC(F)CC1C#N)C1CCC(c2ccc(F)cc2)CC1. The summed E-state index contributed by atoms with van der Waals surface area (Å²) in [5.41, 5.74) is 0.337. The summed E-state index contributed by atoms with van der Waals surface area (Å²) >= 11 is 0. The zero-order valence-corrected chi connectivity index (χ0v) is 18.9. The van der Waals surface area contributed by atoms with Crippen LogP contribution in [0.4, 0.5) is 13.6 Å². The highest BCUT2D eigenvalue weighted by Crippen LogP contribution is 2.35. The number of benzene rings is 1. The number of hydrogen-bond donors (Lipinski definition) is 0. The van der Waals surface area contributed by atoms with Gasteiger partial charge in [-0.2, -0.15) is 5.26 Å². The van der Waals surface area contributed by atoms with Crippen molar-refractivity contribution in [2.75, 3.05) is 13.1 Å². The van der Waals surface area contributed by atoms with Crippen LogP contribution in [-0.2, 0) is 9.53 Å². The molecule has 0 aromatic heterocycles. The largest absolute Gasteiger partial charge is 0.444 e. The smallest absolute Gasteiger partial charge is 0.411 e. The monoisotopic (exact) mass is 447 g/mol. The lowest BCUT2D eigenvalue weighted by Crippen LogP contribution is -2.50. The quantitative estimate of drug-likeness (QED) is 0.679. The number of amides is 2. The van der Waals surface area contributed by atoms with Gasteiger partial charge in [-0.3, -0.25) is 9.69 Å². The molecule has 8 heteroatoms. The van der Waals surface area contributed by atoms with Gasteiger partial charge in [0.1, 0.15) is 30.2 Å². The molecule has 1 saturated carbocycles. The van der Waals surface area contributed by atoms with Gasteiger partial charge in [-0.25, -0.2) is 13.6 Å². The molecule has 1 heterocycles. The summed E-state index contributed by atoms with van der Waals surface area (Å²) in [6.07, 6.45) is 1.11. The van der Waals surface area contributed by atoms with E-state index in [1.54, 1.807) is 32.9 Å². The standard InChI is InChI=1S/C24H31F2N3O3/c1-24(2,3)32-23(31)29(15-22(30)28-14-19(26)12-21(28)13-27)20-10-6-17(7-11-20)16-4-8-18(25)9-5-16/h4-5,8-9,17,19-21H,6-7,10-12,14-15H2,1-3H3. The lowest BCUT2D eigenvalue weighted by molar-refractivity contribution is -0.133. The number of rotatable bonds is 4. The topological polar surface area (TPSA) is 73.6 Å². The first kappa shape index (κ1) is 24.0. The number of hydrogen-bond acceptors (Lipinski definition) is 4. The summed E-state index contributed by atoms with van der Waals surface area (Å²) in [6, 6.07) is 7.45. The maximum atomic E-state index is 13.8. The van der Waals surface area contributed by atoms with E-state index in [9.17, 15) is 23.6 Å². The molecule has 1 aliphatic heterocycles. The highest BCUT2D eigenvalue weighted by Gasteiger charge is 2.39. The van der Waals surface area contributed by atoms with Gasteiger partial charge in [-0.1, -0.05) is 12.1 Å². The first-order valence-corrected chi connectivity index (χ1v) is 11.2. The van der Waals surface area contributed by atoms with Gasteiger partial charge in [0.15, 0.2) is 0 Å². The summed E-state index contributed by atoms with van der Waals surface area (Å²) in [5, 5.41) is 9.26. The van der Waals surface area contributed by atoms with E-state index in [4.69, 9.17) is 4.74 Å². The number of carbonyl (C=O) groups is 2. The first-order valence-electron chi connectivity index (χ1n) is 11.2. The van der Waals surface area contributed by atoms with Crippen molar-refractivity contribution < 1.29 is 23.1 Å². The second kappa shape index (κ2) is 9.85. The predicted octanol–water partition coefficient (Wildman–Crippen LogP) is 4.55. The van der Waals surface area contributed by atoms with Crippen molar-refractivity contribution in [1.29, 1.82) is 5.26 Å². The molecule has 0 radical (unpaired) electrons. The van der Waals surface area contributed by atoms with Crippen LogP contribution >= 0.6 is 0 Å². The van der Waals surface area contributed by atoms with Gasteiger partial charge in [0.05, 0.1) is 12.6 Å². The third kappa shape index (κ3) is 5.96. The zero-order valence-electron chi connectivity index (χ0n) is 18.9. The Labute approximate surface area is 188 Å². The molecule has 1 aliphatic carbocycles. The molecule has 0 N–H and O–H groups in total. The van der Waals surface area contributed by atoms with E-state index in [-0.39, 0.29) is 37.3 Å². The summed E-state index contributed by atoms with van der Waals surface area (Å²) in [5.74, 6) is -0.453. The molecule has 2 fully saturated rings. The number of halogens is 2. The second-order valence-electron chi connectivity index (χ2n) is 9.69. The van der Waals surface area contributed by atoms with E-state index in [1.165, 1.54) is 21.9 Å². The van der Waals surface area contributed by atoms with Gasteiger partial charge >= 0.3 is 6.09 Å². The Morgan fingerprint density at radius 3 is 2.38 bits per heavy atom. The van der Waals surface area contributed by atoms with Gasteiger partial charge in [0.2, 0.25) is 5.91 Å². The van der Waals surface area contributed by atoms with E-state index in [1.807, 2.05) is 6.07 Å². The lowest BCUT2D eigenvalue weighted by atomic mass is 9.81. The fraction of sp³-hybridized carbons (Fsp3) is 0.625. The summed E-state index contributed by atoms with van der Waals surface area (Å²) in [7, 11) is 0. The molecular formula is C24H31F2N3O3. The number of ether oxygens (including phenoxy) is 1. The van der Waals surface area contributed by atoms with Crippen LogP contribution in [0.1, 0.15) is 64.4 Å². The van der Waals surface area contributed by atoms with Crippen molar-refractivity contribution in [3.63, 3.8) is 0 Å². The molecule has 2 aliphatic rings. The van der Waals surface area contributed by atoms with Gasteiger partial charge in [-0.05, 0) is 70.1 Å². The van der Waals surface area contributed by atoms with Gasteiger partial charge in [0, 0.05) is 12.5 Å². The van der Waals surface area contributed by atoms with Crippen LogP contribution in [0.2, 0.25) is 0 Å². The molecule has 2 amide bonds. The van der Waals surface area contributed by atoms with Gasteiger partial charge in [-0.15, -0.1) is 0 Å². The van der Waals surface area contributed by atoms with Crippen LogP contribution in [0.3, 0.4) is 0 Å². The molecule has 1 saturated heterocycles. The Morgan fingerprint density at radius 2 is 1.81 bits per heavy atom. The van der Waals surface area contributed by atoms with E-state index >= 15 is 0 Å². The molecule has 3 rings (SSSR count). The minimum Gasteiger partial charge on any atom is -0.444 e. The second-order valence-corrected chi connectivity index (χ2v) is 9.69. The average Bonchev–Trinajstić information content (AvgIpc) is 3.12. The molecule has 2 unspecified atom stereocenters. The Kier molecular flexibility index (Phi) is 7.37. The van der Waals surface area contributed by atoms with Crippen molar-refractivity contribution in [3.05, 3.63) is 35.6 Å². The molecule has 6 nitrogen and oxygen atoms in total. The molecule has 0 spiro atoms. The summed E-state index contributed by atoms with van der Waals surface area (Å²) in [4.78, 5) is 28.6. The van der Waals surface area contributed by atoms with Crippen LogP contribution in [0, 0.1) is 17.1 Å². The number of carbonyl (C=O) groups excluding carboxylic acids is 2. The van der Waals surface area contributed by atoms with E-state index < -0.39 is 29.8 Å². The van der Waals surface area contributed by atoms with Crippen molar-refractivity contribution in [2.45, 2.75) is 82.6 Å². The van der Waals surface area contributed by atoms with Crippen molar-refractivity contribution >= 4 is 12.0 Å². The number of likely N-dealkylation sites (tertiary alicyclic amines) is 1. The van der Waals surface area contributed by atoms with Crippen LogP contribution in [0.25, 0.3) is 0 Å². The van der Waals surface area contributed by atoms with E-state index in [0.29, 0.717) is 12.8 Å². The fourth-order valence-corrected chi connectivity index (χ4v) is 4.54. The molecule has 174 valence electrons. The Bertz CT molecular complexity index is 855. The first-order chi connectivity index (χ1) is 15.1. The third-order valence-electron chi connectivity index (χ3n) is 6.13. The predicted molar refractivity (Wildman–Crippen MR) is 115 cm³/mol. The Balaban J connectivity index is 1.70.